The van der Waals surface area contributed by atoms with E-state index in [1.165, 1.54) is 0 Å². The van der Waals surface area contributed by atoms with E-state index in [0.717, 1.165) is 31.4 Å². The number of nitrogens with one attached hydrogen (secondary N) is 1. The Kier molecular flexibility index (Phi) is 4.47. The molecule has 0 bridgehead atoms. The molecular weight excluding hydrogens is 289 g/mol. The minimum Gasteiger partial charge on any atom is -0.367 e. The first kappa shape index (κ1) is 15.4. The number of aromatic nitrogens is 1. The second kappa shape index (κ2) is 5.80. The van der Waals surface area contributed by atoms with E-state index in [2.05, 4.69) is 24.1 Å². The van der Waals surface area contributed by atoms with E-state index in [-0.39, 0.29) is 17.0 Å². The molecule has 1 aliphatic carbocycles. The average molecular weight is 307 g/mol. The maximum absolute atomic E-state index is 12.7. The SMILES string of the molecule is CC1CCC(Nc2cc(C(F)(F)F)cc(Cl)n2)C(C)C1. The van der Waals surface area contributed by atoms with Gasteiger partial charge in [-0.3, -0.25) is 0 Å². The molecule has 1 aromatic rings. The van der Waals surface area contributed by atoms with E-state index in [1.54, 1.807) is 0 Å². The molecule has 20 heavy (non-hydrogen) atoms. The zero-order valence-electron chi connectivity index (χ0n) is 11.5. The van der Waals surface area contributed by atoms with E-state index in [0.29, 0.717) is 11.8 Å². The molecule has 1 aromatic heterocycles. The van der Waals surface area contributed by atoms with Gasteiger partial charge in [-0.25, -0.2) is 4.98 Å². The van der Waals surface area contributed by atoms with Gasteiger partial charge in [-0.15, -0.1) is 0 Å². The third-order valence-electron chi connectivity index (χ3n) is 3.89. The lowest BCUT2D eigenvalue weighted by atomic mass is 9.80. The molecule has 0 spiro atoms. The topological polar surface area (TPSA) is 24.9 Å². The van der Waals surface area contributed by atoms with Gasteiger partial charge < -0.3 is 5.32 Å². The Labute approximate surface area is 121 Å². The van der Waals surface area contributed by atoms with Crippen LogP contribution in [0.1, 0.15) is 38.7 Å². The molecule has 1 saturated carbocycles. The highest BCUT2D eigenvalue weighted by molar-refractivity contribution is 6.29. The summed E-state index contributed by atoms with van der Waals surface area (Å²) in [5, 5.41) is 2.97. The number of halogens is 4. The van der Waals surface area contributed by atoms with Crippen LogP contribution in [0, 0.1) is 11.8 Å². The zero-order chi connectivity index (χ0) is 14.9. The normalized spacial score (nSPS) is 27.4. The van der Waals surface area contributed by atoms with Crippen LogP contribution in [0.15, 0.2) is 12.1 Å². The standard InChI is InChI=1S/C14H18ClF3N2/c1-8-3-4-11(9(2)5-8)19-13-7-10(14(16,17)18)6-12(15)20-13/h6-9,11H,3-5H2,1-2H3,(H,19,20). The van der Waals surface area contributed by atoms with Gasteiger partial charge in [0.05, 0.1) is 5.56 Å². The molecule has 0 aromatic carbocycles. The number of nitrogens with zero attached hydrogens (tertiary/aromatic N) is 1. The van der Waals surface area contributed by atoms with Crippen molar-refractivity contribution in [2.45, 2.75) is 45.3 Å². The van der Waals surface area contributed by atoms with Crippen molar-refractivity contribution < 1.29 is 13.2 Å². The van der Waals surface area contributed by atoms with Crippen molar-refractivity contribution in [2.24, 2.45) is 11.8 Å². The first-order valence-corrected chi connectivity index (χ1v) is 7.15. The number of pyridine rings is 1. The predicted octanol–water partition coefficient (Wildman–Crippen LogP) is 4.99. The molecule has 1 heterocycles. The molecule has 0 radical (unpaired) electrons. The molecule has 2 nitrogen and oxygen atoms in total. The molecule has 0 saturated heterocycles. The Morgan fingerprint density at radius 3 is 2.55 bits per heavy atom. The second-order valence-electron chi connectivity index (χ2n) is 5.71. The second-order valence-corrected chi connectivity index (χ2v) is 6.10. The summed E-state index contributed by atoms with van der Waals surface area (Å²) < 4.78 is 38.2. The Bertz CT molecular complexity index is 476. The third kappa shape index (κ3) is 3.78. The van der Waals surface area contributed by atoms with Gasteiger partial charge in [0, 0.05) is 6.04 Å². The Hall–Kier alpha value is -0.970. The lowest BCUT2D eigenvalue weighted by Gasteiger charge is -2.33. The number of alkyl halides is 3. The molecule has 3 unspecified atom stereocenters. The van der Waals surface area contributed by atoms with Crippen molar-refractivity contribution in [1.29, 1.82) is 0 Å². The number of hydrogen-bond donors (Lipinski definition) is 1. The van der Waals surface area contributed by atoms with E-state index in [4.69, 9.17) is 11.6 Å². The van der Waals surface area contributed by atoms with Crippen molar-refractivity contribution in [3.05, 3.63) is 22.8 Å². The van der Waals surface area contributed by atoms with Crippen molar-refractivity contribution >= 4 is 17.4 Å². The molecule has 2 rings (SSSR count). The Balaban J connectivity index is 2.15. The smallest absolute Gasteiger partial charge is 0.367 e. The largest absolute Gasteiger partial charge is 0.416 e. The molecule has 112 valence electrons. The fraction of sp³-hybridized carbons (Fsp3) is 0.643. The molecule has 0 amide bonds. The third-order valence-corrected chi connectivity index (χ3v) is 4.08. The fourth-order valence-electron chi connectivity index (χ4n) is 2.80. The average Bonchev–Trinajstić information content (AvgIpc) is 2.31. The summed E-state index contributed by atoms with van der Waals surface area (Å²) in [5.74, 6) is 1.28. The van der Waals surface area contributed by atoms with Gasteiger partial charge in [0.2, 0.25) is 0 Å². The summed E-state index contributed by atoms with van der Waals surface area (Å²) in [6.45, 7) is 4.31. The first-order chi connectivity index (χ1) is 9.25. The number of rotatable bonds is 2. The lowest BCUT2D eigenvalue weighted by Crippen LogP contribution is -2.33. The molecule has 3 atom stereocenters. The first-order valence-electron chi connectivity index (χ1n) is 6.77. The van der Waals surface area contributed by atoms with Gasteiger partial charge in [-0.1, -0.05) is 25.4 Å². The summed E-state index contributed by atoms with van der Waals surface area (Å²) in [6.07, 6.45) is -1.31. The van der Waals surface area contributed by atoms with Crippen LogP contribution in [-0.4, -0.2) is 11.0 Å². The molecule has 6 heteroatoms. The van der Waals surface area contributed by atoms with Gasteiger partial charge in [0.15, 0.2) is 0 Å². The molecule has 1 aliphatic rings. The van der Waals surface area contributed by atoms with E-state index in [1.807, 2.05) is 0 Å². The number of anilines is 1. The summed E-state index contributed by atoms with van der Waals surface area (Å²) in [5.41, 5.74) is -0.767. The van der Waals surface area contributed by atoms with Crippen molar-refractivity contribution in [2.75, 3.05) is 5.32 Å². The summed E-state index contributed by atoms with van der Waals surface area (Å²) in [7, 11) is 0. The van der Waals surface area contributed by atoms with Gasteiger partial charge in [0.1, 0.15) is 11.0 Å². The lowest BCUT2D eigenvalue weighted by molar-refractivity contribution is -0.137. The maximum Gasteiger partial charge on any atom is 0.416 e. The quantitative estimate of drug-likeness (QED) is 0.779. The van der Waals surface area contributed by atoms with Crippen LogP contribution in [0.4, 0.5) is 19.0 Å². The highest BCUT2D eigenvalue weighted by Gasteiger charge is 2.32. The number of hydrogen-bond acceptors (Lipinski definition) is 2. The van der Waals surface area contributed by atoms with Crippen LogP contribution in [0.3, 0.4) is 0 Å². The zero-order valence-corrected chi connectivity index (χ0v) is 12.2. The molecule has 1 fully saturated rings. The monoisotopic (exact) mass is 306 g/mol. The van der Waals surface area contributed by atoms with Crippen molar-refractivity contribution in [3.63, 3.8) is 0 Å². The summed E-state index contributed by atoms with van der Waals surface area (Å²) in [6, 6.07) is 2.02. The van der Waals surface area contributed by atoms with Crippen LogP contribution in [0.5, 0.6) is 0 Å². The van der Waals surface area contributed by atoms with Gasteiger partial charge in [0.25, 0.3) is 0 Å². The highest BCUT2D eigenvalue weighted by atomic mass is 35.5. The van der Waals surface area contributed by atoms with Crippen LogP contribution >= 0.6 is 11.6 Å². The minimum absolute atomic E-state index is 0.140. The maximum atomic E-state index is 12.7. The predicted molar refractivity (Wildman–Crippen MR) is 73.8 cm³/mol. The fourth-order valence-corrected chi connectivity index (χ4v) is 3.01. The van der Waals surface area contributed by atoms with E-state index in [9.17, 15) is 13.2 Å². The van der Waals surface area contributed by atoms with Crippen molar-refractivity contribution in [1.82, 2.24) is 4.98 Å². The van der Waals surface area contributed by atoms with Crippen LogP contribution in [-0.2, 0) is 6.18 Å². The Morgan fingerprint density at radius 2 is 1.95 bits per heavy atom. The molecular formula is C14H18ClF3N2. The van der Waals surface area contributed by atoms with Crippen LogP contribution in [0.25, 0.3) is 0 Å². The highest BCUT2D eigenvalue weighted by Crippen LogP contribution is 2.34. The van der Waals surface area contributed by atoms with E-state index < -0.39 is 11.7 Å². The summed E-state index contributed by atoms with van der Waals surface area (Å²) >= 11 is 5.68. The van der Waals surface area contributed by atoms with Gasteiger partial charge >= 0.3 is 6.18 Å². The molecule has 0 aliphatic heterocycles. The van der Waals surface area contributed by atoms with Crippen molar-refractivity contribution in [3.8, 4) is 0 Å². The van der Waals surface area contributed by atoms with Crippen LogP contribution in [0.2, 0.25) is 5.15 Å². The Morgan fingerprint density at radius 1 is 1.25 bits per heavy atom. The van der Waals surface area contributed by atoms with Crippen LogP contribution < -0.4 is 5.32 Å². The van der Waals surface area contributed by atoms with E-state index >= 15 is 0 Å². The van der Waals surface area contributed by atoms with Gasteiger partial charge in [-0.05, 0) is 43.2 Å². The molecule has 1 N–H and O–H groups in total. The minimum atomic E-state index is -4.41. The van der Waals surface area contributed by atoms with Gasteiger partial charge in [-0.2, -0.15) is 13.2 Å². The summed E-state index contributed by atoms with van der Waals surface area (Å²) in [4.78, 5) is 3.95.